The Labute approximate surface area is 192 Å². The number of aromatic nitrogens is 2. The van der Waals surface area contributed by atoms with E-state index in [9.17, 15) is 22.8 Å². The van der Waals surface area contributed by atoms with Crippen LogP contribution in [0.25, 0.3) is 6.08 Å². The topological polar surface area (TPSA) is 85.7 Å². The van der Waals surface area contributed by atoms with E-state index in [0.29, 0.717) is 48.4 Å². The number of hydrogen-bond donors (Lipinski definition) is 1. The lowest BCUT2D eigenvalue weighted by molar-refractivity contribution is -0.142. The molecule has 0 spiro atoms. The number of carbonyl (C=O) groups excluding carboxylic acids is 2. The summed E-state index contributed by atoms with van der Waals surface area (Å²) >= 11 is 6.08. The van der Waals surface area contributed by atoms with E-state index in [1.54, 1.807) is 14.0 Å². The SMILES string of the molecule is Cc1nn(C)c(Cl)c1/C=C/C(=O)OCC(=O)Nc1cc(C(F)(F)F)ccc1N1CCOCC1. The number of morpholine rings is 1. The molecule has 1 fully saturated rings. The Kier molecular flexibility index (Phi) is 7.65. The van der Waals surface area contributed by atoms with Crippen LogP contribution < -0.4 is 10.2 Å². The van der Waals surface area contributed by atoms with Crippen LogP contribution in [-0.2, 0) is 32.3 Å². The van der Waals surface area contributed by atoms with Gasteiger partial charge in [0.25, 0.3) is 5.91 Å². The average Bonchev–Trinajstić information content (AvgIpc) is 3.01. The van der Waals surface area contributed by atoms with E-state index in [-0.39, 0.29) is 5.69 Å². The van der Waals surface area contributed by atoms with Crippen LogP contribution in [0, 0.1) is 6.92 Å². The first kappa shape index (κ1) is 24.6. The highest BCUT2D eigenvalue weighted by molar-refractivity contribution is 6.31. The van der Waals surface area contributed by atoms with Crippen LogP contribution in [0.2, 0.25) is 5.15 Å². The van der Waals surface area contributed by atoms with Crippen molar-refractivity contribution in [2.45, 2.75) is 13.1 Å². The molecule has 1 aliphatic rings. The van der Waals surface area contributed by atoms with Crippen molar-refractivity contribution in [2.75, 3.05) is 43.1 Å². The molecule has 33 heavy (non-hydrogen) atoms. The summed E-state index contributed by atoms with van der Waals surface area (Å²) in [6.45, 7) is 2.79. The Morgan fingerprint density at radius 3 is 2.61 bits per heavy atom. The highest BCUT2D eigenvalue weighted by Gasteiger charge is 2.32. The van der Waals surface area contributed by atoms with E-state index >= 15 is 0 Å². The number of aryl methyl sites for hydroxylation is 2. The number of nitrogens with one attached hydrogen (secondary N) is 1. The second-order valence-corrected chi connectivity index (χ2v) is 7.59. The van der Waals surface area contributed by atoms with Crippen LogP contribution in [0.3, 0.4) is 0 Å². The zero-order valence-electron chi connectivity index (χ0n) is 17.9. The zero-order valence-corrected chi connectivity index (χ0v) is 18.7. The fourth-order valence-electron chi connectivity index (χ4n) is 3.25. The number of hydrogen-bond acceptors (Lipinski definition) is 6. The predicted octanol–water partition coefficient (Wildman–Crippen LogP) is 3.43. The van der Waals surface area contributed by atoms with Crippen LogP contribution >= 0.6 is 11.6 Å². The Morgan fingerprint density at radius 2 is 2.00 bits per heavy atom. The quantitative estimate of drug-likeness (QED) is 0.497. The van der Waals surface area contributed by atoms with Crippen LogP contribution in [0.1, 0.15) is 16.8 Å². The number of halogens is 4. The van der Waals surface area contributed by atoms with Crippen molar-refractivity contribution >= 4 is 40.9 Å². The van der Waals surface area contributed by atoms with Crippen molar-refractivity contribution in [3.63, 3.8) is 0 Å². The number of alkyl halides is 3. The van der Waals surface area contributed by atoms with Crippen molar-refractivity contribution in [3.8, 4) is 0 Å². The van der Waals surface area contributed by atoms with E-state index in [1.807, 2.05) is 4.90 Å². The molecule has 2 aromatic rings. The molecule has 0 saturated carbocycles. The molecule has 12 heteroatoms. The molecule has 1 saturated heterocycles. The van der Waals surface area contributed by atoms with Gasteiger partial charge in [0, 0.05) is 31.8 Å². The van der Waals surface area contributed by atoms with Gasteiger partial charge in [-0.2, -0.15) is 18.3 Å². The summed E-state index contributed by atoms with van der Waals surface area (Å²) in [5.41, 5.74) is 0.622. The van der Waals surface area contributed by atoms with E-state index in [1.165, 1.54) is 16.8 Å². The van der Waals surface area contributed by atoms with Gasteiger partial charge in [-0.15, -0.1) is 0 Å². The van der Waals surface area contributed by atoms with Gasteiger partial charge < -0.3 is 19.7 Å². The van der Waals surface area contributed by atoms with Crippen molar-refractivity contribution in [1.82, 2.24) is 9.78 Å². The van der Waals surface area contributed by atoms with E-state index in [4.69, 9.17) is 21.1 Å². The smallest absolute Gasteiger partial charge is 0.416 e. The molecule has 2 heterocycles. The number of esters is 1. The Balaban J connectivity index is 1.67. The number of ether oxygens (including phenoxy) is 2. The van der Waals surface area contributed by atoms with Crippen molar-refractivity contribution < 1.29 is 32.2 Å². The number of nitrogens with zero attached hydrogens (tertiary/aromatic N) is 3. The van der Waals surface area contributed by atoms with Crippen LogP contribution in [0.15, 0.2) is 24.3 Å². The molecule has 3 rings (SSSR count). The van der Waals surface area contributed by atoms with Crippen LogP contribution in [-0.4, -0.2) is 54.6 Å². The van der Waals surface area contributed by atoms with Gasteiger partial charge >= 0.3 is 12.1 Å². The minimum Gasteiger partial charge on any atom is -0.452 e. The fraction of sp³-hybridized carbons (Fsp3) is 0.381. The molecule has 0 radical (unpaired) electrons. The van der Waals surface area contributed by atoms with Crippen LogP contribution in [0.5, 0.6) is 0 Å². The molecule has 0 bridgehead atoms. The standard InChI is InChI=1S/C21H22ClF3N4O4/c1-13-15(20(22)28(2)27-13)4-6-19(31)33-12-18(30)26-16-11-14(21(23,24)25)3-5-17(16)29-7-9-32-10-8-29/h3-6,11H,7-10,12H2,1-2H3,(H,26,30)/b6-4+. The Morgan fingerprint density at radius 1 is 1.30 bits per heavy atom. The lowest BCUT2D eigenvalue weighted by atomic mass is 10.1. The maximum Gasteiger partial charge on any atom is 0.416 e. The lowest BCUT2D eigenvalue weighted by Crippen LogP contribution is -2.37. The van der Waals surface area contributed by atoms with Crippen LogP contribution in [0.4, 0.5) is 24.5 Å². The van der Waals surface area contributed by atoms with Gasteiger partial charge in [-0.3, -0.25) is 9.48 Å². The molecule has 0 aliphatic carbocycles. The molecule has 178 valence electrons. The van der Waals surface area contributed by atoms with Gasteiger partial charge in [-0.25, -0.2) is 4.79 Å². The Bertz CT molecular complexity index is 1060. The summed E-state index contributed by atoms with van der Waals surface area (Å²) in [7, 11) is 1.65. The summed E-state index contributed by atoms with van der Waals surface area (Å²) in [5.74, 6) is -1.59. The lowest BCUT2D eigenvalue weighted by Gasteiger charge is -2.31. The second-order valence-electron chi connectivity index (χ2n) is 7.23. The summed E-state index contributed by atoms with van der Waals surface area (Å²) < 4.78 is 51.1. The molecule has 1 N–H and O–H groups in total. The summed E-state index contributed by atoms with van der Waals surface area (Å²) in [4.78, 5) is 26.1. The number of anilines is 2. The predicted molar refractivity (Wildman–Crippen MR) is 116 cm³/mol. The molecule has 0 atom stereocenters. The van der Waals surface area contributed by atoms with Gasteiger partial charge in [-0.1, -0.05) is 11.6 Å². The first-order valence-electron chi connectivity index (χ1n) is 9.94. The highest BCUT2D eigenvalue weighted by atomic mass is 35.5. The third kappa shape index (κ3) is 6.26. The maximum absolute atomic E-state index is 13.2. The van der Waals surface area contributed by atoms with Gasteiger partial charge in [0.2, 0.25) is 0 Å². The number of carbonyl (C=O) groups is 2. The zero-order chi connectivity index (χ0) is 24.2. The third-order valence-corrected chi connectivity index (χ3v) is 5.33. The summed E-state index contributed by atoms with van der Waals surface area (Å²) in [6.07, 6.45) is -2.08. The summed E-state index contributed by atoms with van der Waals surface area (Å²) in [6, 6.07) is 3.12. The molecule has 1 aliphatic heterocycles. The summed E-state index contributed by atoms with van der Waals surface area (Å²) in [5, 5.41) is 6.85. The van der Waals surface area contributed by atoms with Gasteiger partial charge in [0.15, 0.2) is 6.61 Å². The monoisotopic (exact) mass is 486 g/mol. The Hall–Kier alpha value is -3.05. The third-order valence-electron chi connectivity index (χ3n) is 4.88. The molecular formula is C21H22ClF3N4O4. The normalized spacial score (nSPS) is 14.5. The van der Waals surface area contributed by atoms with E-state index < -0.39 is 30.2 Å². The molecule has 0 unspecified atom stereocenters. The molecule has 1 aromatic carbocycles. The molecular weight excluding hydrogens is 465 g/mol. The average molecular weight is 487 g/mol. The van der Waals surface area contributed by atoms with E-state index in [2.05, 4.69) is 10.4 Å². The van der Waals surface area contributed by atoms with E-state index in [0.717, 1.165) is 18.2 Å². The highest BCUT2D eigenvalue weighted by Crippen LogP contribution is 2.35. The molecule has 8 nitrogen and oxygen atoms in total. The fourth-order valence-corrected chi connectivity index (χ4v) is 3.49. The van der Waals surface area contributed by atoms with Crippen molar-refractivity contribution in [3.05, 3.63) is 46.2 Å². The number of amides is 1. The van der Waals surface area contributed by atoms with Crippen molar-refractivity contribution in [1.29, 1.82) is 0 Å². The van der Waals surface area contributed by atoms with Crippen molar-refractivity contribution in [2.24, 2.45) is 7.05 Å². The largest absolute Gasteiger partial charge is 0.452 e. The van der Waals surface area contributed by atoms with Gasteiger partial charge in [0.1, 0.15) is 5.15 Å². The molecule has 1 aromatic heterocycles. The first-order valence-corrected chi connectivity index (χ1v) is 10.3. The first-order chi connectivity index (χ1) is 15.6. The number of rotatable bonds is 6. The van der Waals surface area contributed by atoms with Gasteiger partial charge in [-0.05, 0) is 31.2 Å². The van der Waals surface area contributed by atoms with Gasteiger partial charge in [0.05, 0.1) is 35.8 Å². The molecule has 1 amide bonds. The minimum absolute atomic E-state index is 0.0268. The number of benzene rings is 1. The minimum atomic E-state index is -4.58. The maximum atomic E-state index is 13.2. The second kappa shape index (κ2) is 10.3.